The molecule has 2 fully saturated rings. The molecule has 0 aromatic rings. The molecule has 0 N–H and O–H groups in total. The van der Waals surface area contributed by atoms with E-state index in [1.54, 1.807) is 0 Å². The summed E-state index contributed by atoms with van der Waals surface area (Å²) in [5.74, 6) is 3.39. The van der Waals surface area contributed by atoms with Crippen LogP contribution in [0.3, 0.4) is 0 Å². The summed E-state index contributed by atoms with van der Waals surface area (Å²) in [7, 11) is 0. The Morgan fingerprint density at radius 2 is 1.32 bits per heavy atom. The number of rotatable bonds is 8. The highest BCUT2D eigenvalue weighted by molar-refractivity contribution is 5.78. The molecule has 1 nitrogen and oxygen atoms in total. The third-order valence-electron chi connectivity index (χ3n) is 6.08. The third kappa shape index (κ3) is 6.67. The van der Waals surface area contributed by atoms with E-state index in [4.69, 9.17) is 0 Å². The number of hydrogen-bond donors (Lipinski definition) is 0. The van der Waals surface area contributed by atoms with Gasteiger partial charge in [-0.2, -0.15) is 0 Å². The zero-order valence-electron chi connectivity index (χ0n) is 14.7. The molecule has 22 heavy (non-hydrogen) atoms. The van der Waals surface area contributed by atoms with Crippen molar-refractivity contribution in [3.05, 3.63) is 12.2 Å². The van der Waals surface area contributed by atoms with E-state index in [1.165, 1.54) is 77.0 Å². The molecular weight excluding hydrogens is 268 g/mol. The number of unbranched alkanes of at least 4 members (excludes halogenated alkanes) is 1. The lowest BCUT2D eigenvalue weighted by Gasteiger charge is -2.28. The first-order valence-corrected chi connectivity index (χ1v) is 9.90. The lowest BCUT2D eigenvalue weighted by atomic mass is 9.77. The van der Waals surface area contributed by atoms with E-state index in [0.29, 0.717) is 5.78 Å². The molecule has 1 heteroatoms. The van der Waals surface area contributed by atoms with Crippen molar-refractivity contribution in [3.8, 4) is 0 Å². The summed E-state index contributed by atoms with van der Waals surface area (Å²) in [5, 5.41) is 0. The van der Waals surface area contributed by atoms with Gasteiger partial charge in [0.25, 0.3) is 0 Å². The van der Waals surface area contributed by atoms with Crippen LogP contribution in [0.1, 0.15) is 96.8 Å². The largest absolute Gasteiger partial charge is 0.300 e. The van der Waals surface area contributed by atoms with Gasteiger partial charge in [0, 0.05) is 12.8 Å². The molecule has 0 aliphatic heterocycles. The normalized spacial score (nSPS) is 27.6. The van der Waals surface area contributed by atoms with E-state index in [9.17, 15) is 4.79 Å². The Labute approximate surface area is 137 Å². The first-order chi connectivity index (χ1) is 10.8. The molecule has 126 valence electrons. The summed E-state index contributed by atoms with van der Waals surface area (Å²) in [5.41, 5.74) is 0. The Bertz CT molecular complexity index is 326. The van der Waals surface area contributed by atoms with Crippen LogP contribution >= 0.6 is 0 Å². The molecule has 0 heterocycles. The Morgan fingerprint density at radius 3 is 1.86 bits per heavy atom. The fourth-order valence-corrected chi connectivity index (χ4v) is 4.46. The Morgan fingerprint density at radius 1 is 0.818 bits per heavy atom. The number of carbonyl (C=O) groups excluding carboxylic acids is 1. The van der Waals surface area contributed by atoms with Crippen LogP contribution in [-0.2, 0) is 4.79 Å². The summed E-state index contributed by atoms with van der Waals surface area (Å²) >= 11 is 0. The molecule has 0 amide bonds. The molecule has 2 aliphatic rings. The Hall–Kier alpha value is -0.590. The van der Waals surface area contributed by atoms with E-state index in [0.717, 1.165) is 30.6 Å². The van der Waals surface area contributed by atoms with Gasteiger partial charge in [0.2, 0.25) is 0 Å². The fraction of sp³-hybridized carbons (Fsp3) is 0.857. The van der Waals surface area contributed by atoms with Crippen LogP contribution in [-0.4, -0.2) is 5.78 Å². The monoisotopic (exact) mass is 304 g/mol. The van der Waals surface area contributed by atoms with Crippen LogP contribution in [0.4, 0.5) is 0 Å². The minimum atomic E-state index is 0.502. The second kappa shape index (κ2) is 10.2. The van der Waals surface area contributed by atoms with Crippen LogP contribution in [0.2, 0.25) is 0 Å². The van der Waals surface area contributed by atoms with Crippen LogP contribution in [0.5, 0.6) is 0 Å². The van der Waals surface area contributed by atoms with Crippen molar-refractivity contribution in [2.75, 3.05) is 0 Å². The second-order valence-corrected chi connectivity index (χ2v) is 7.80. The molecule has 0 unspecified atom stereocenters. The highest BCUT2D eigenvalue weighted by Gasteiger charge is 2.21. The second-order valence-electron chi connectivity index (χ2n) is 7.80. The molecule has 2 saturated carbocycles. The summed E-state index contributed by atoms with van der Waals surface area (Å²) in [6, 6.07) is 0. The predicted octanol–water partition coefficient (Wildman–Crippen LogP) is 6.47. The number of Topliss-reactive ketones (excluding diaryl/α,β-unsaturated/α-hetero) is 1. The number of hydrogen-bond acceptors (Lipinski definition) is 1. The van der Waals surface area contributed by atoms with Gasteiger partial charge < -0.3 is 0 Å². The highest BCUT2D eigenvalue weighted by Crippen LogP contribution is 2.35. The van der Waals surface area contributed by atoms with E-state index >= 15 is 0 Å². The van der Waals surface area contributed by atoms with Gasteiger partial charge in [0.15, 0.2) is 0 Å². The number of carbonyl (C=O) groups is 1. The van der Waals surface area contributed by atoms with Crippen LogP contribution < -0.4 is 0 Å². The molecule has 2 aliphatic carbocycles. The van der Waals surface area contributed by atoms with Crippen LogP contribution in [0.15, 0.2) is 12.2 Å². The number of ketones is 1. The van der Waals surface area contributed by atoms with Crippen molar-refractivity contribution in [1.82, 2.24) is 0 Å². The maximum atomic E-state index is 11.3. The maximum absolute atomic E-state index is 11.3. The molecule has 0 bridgehead atoms. The van der Waals surface area contributed by atoms with Gasteiger partial charge >= 0.3 is 0 Å². The molecule has 0 aromatic carbocycles. The molecule has 0 aromatic heterocycles. The average molecular weight is 305 g/mol. The van der Waals surface area contributed by atoms with Crippen LogP contribution in [0, 0.1) is 17.8 Å². The van der Waals surface area contributed by atoms with E-state index in [-0.39, 0.29) is 0 Å². The van der Waals surface area contributed by atoms with E-state index in [1.807, 2.05) is 0 Å². The molecule has 0 atom stereocenters. The molecule has 0 radical (unpaired) electrons. The zero-order chi connectivity index (χ0) is 15.6. The molecule has 0 spiro atoms. The fourth-order valence-electron chi connectivity index (χ4n) is 4.46. The maximum Gasteiger partial charge on any atom is 0.132 e. The SMILES string of the molecule is CC=CCC[C@H]1CC[C@H](CCCCC2CCC(=O)CC2)CC1. The minimum Gasteiger partial charge on any atom is -0.300 e. The lowest BCUT2D eigenvalue weighted by Crippen LogP contribution is -2.15. The first-order valence-electron chi connectivity index (χ1n) is 9.90. The van der Waals surface area contributed by atoms with Gasteiger partial charge in [0.05, 0.1) is 0 Å². The molecular formula is C21H36O. The zero-order valence-corrected chi connectivity index (χ0v) is 14.7. The minimum absolute atomic E-state index is 0.502. The summed E-state index contributed by atoms with van der Waals surface area (Å²) < 4.78 is 0. The van der Waals surface area contributed by atoms with Crippen molar-refractivity contribution < 1.29 is 4.79 Å². The summed E-state index contributed by atoms with van der Waals surface area (Å²) in [6.07, 6.45) is 22.9. The third-order valence-corrected chi connectivity index (χ3v) is 6.08. The van der Waals surface area contributed by atoms with Crippen molar-refractivity contribution >= 4 is 5.78 Å². The van der Waals surface area contributed by atoms with E-state index in [2.05, 4.69) is 19.1 Å². The van der Waals surface area contributed by atoms with Gasteiger partial charge in [0.1, 0.15) is 5.78 Å². The summed E-state index contributed by atoms with van der Waals surface area (Å²) in [4.78, 5) is 11.3. The van der Waals surface area contributed by atoms with Crippen molar-refractivity contribution in [2.24, 2.45) is 17.8 Å². The standard InChI is InChI=1S/C21H36O/c1-2-3-4-7-18-10-12-19(13-11-18)8-5-6-9-20-14-16-21(22)17-15-20/h2-3,18-20H,4-17H2,1H3/t18-,19-. The summed E-state index contributed by atoms with van der Waals surface area (Å²) in [6.45, 7) is 2.13. The topological polar surface area (TPSA) is 17.1 Å². The Kier molecular flexibility index (Phi) is 8.26. The van der Waals surface area contributed by atoms with Crippen molar-refractivity contribution in [3.63, 3.8) is 0 Å². The van der Waals surface area contributed by atoms with Gasteiger partial charge in [-0.05, 0) is 50.4 Å². The molecule has 0 saturated heterocycles. The quantitative estimate of drug-likeness (QED) is 0.371. The predicted molar refractivity (Wildman–Crippen MR) is 94.9 cm³/mol. The average Bonchev–Trinajstić information content (AvgIpc) is 2.55. The van der Waals surface area contributed by atoms with Gasteiger partial charge in [-0.1, -0.05) is 63.5 Å². The van der Waals surface area contributed by atoms with Crippen molar-refractivity contribution in [1.29, 1.82) is 0 Å². The van der Waals surface area contributed by atoms with Gasteiger partial charge in [-0.25, -0.2) is 0 Å². The van der Waals surface area contributed by atoms with Crippen molar-refractivity contribution in [2.45, 2.75) is 96.8 Å². The van der Waals surface area contributed by atoms with E-state index < -0.39 is 0 Å². The molecule has 2 rings (SSSR count). The smallest absolute Gasteiger partial charge is 0.132 e. The highest BCUT2D eigenvalue weighted by atomic mass is 16.1. The van der Waals surface area contributed by atoms with Crippen LogP contribution in [0.25, 0.3) is 0 Å². The lowest BCUT2D eigenvalue weighted by molar-refractivity contribution is -0.121. The first kappa shape index (κ1) is 17.8. The van der Waals surface area contributed by atoms with Gasteiger partial charge in [-0.3, -0.25) is 4.79 Å². The Balaban J connectivity index is 1.47. The van der Waals surface area contributed by atoms with Gasteiger partial charge in [-0.15, -0.1) is 0 Å². The number of allylic oxidation sites excluding steroid dienone is 2.